The lowest BCUT2D eigenvalue weighted by Gasteiger charge is -2.29. The van der Waals surface area contributed by atoms with Crippen LogP contribution in [-0.4, -0.2) is 32.4 Å². The minimum atomic E-state index is -3.40. The third-order valence-electron chi connectivity index (χ3n) is 2.67. The average molecular weight is 340 g/mol. The molecule has 0 aliphatic carbocycles. The molecule has 0 unspecified atom stereocenters. The summed E-state index contributed by atoms with van der Waals surface area (Å²) in [5.41, 5.74) is 0.521. The maximum atomic E-state index is 11.8. The van der Waals surface area contributed by atoms with E-state index in [0.717, 1.165) is 12.5 Å². The maximum absolute atomic E-state index is 11.8. The normalized spacial score (nSPS) is 17.1. The molecule has 0 spiro atoms. The molecule has 23 heavy (non-hydrogen) atoms. The van der Waals surface area contributed by atoms with Crippen molar-refractivity contribution in [1.29, 1.82) is 0 Å². The summed E-state index contributed by atoms with van der Waals surface area (Å²) in [6.07, 6.45) is 2.18. The Bertz CT molecular complexity index is 760. The van der Waals surface area contributed by atoms with Crippen LogP contribution in [0, 0.1) is 0 Å². The Morgan fingerprint density at radius 1 is 1.09 bits per heavy atom. The van der Waals surface area contributed by atoms with E-state index in [1.165, 1.54) is 19.9 Å². The van der Waals surface area contributed by atoms with Crippen LogP contribution in [0.2, 0.25) is 0 Å². The first-order valence-electron chi connectivity index (χ1n) is 6.57. The molecule has 0 aromatic heterocycles. The molecule has 1 aliphatic heterocycles. The maximum Gasteiger partial charge on any atom is 0.350 e. The molecule has 2 N–H and O–H groups in total. The molecule has 0 bridgehead atoms. The molecular formula is C14H16N2O6S. The van der Waals surface area contributed by atoms with E-state index >= 15 is 0 Å². The van der Waals surface area contributed by atoms with Crippen molar-refractivity contribution in [1.82, 2.24) is 0 Å². The zero-order valence-electron chi connectivity index (χ0n) is 12.7. The first-order valence-corrected chi connectivity index (χ1v) is 8.46. The van der Waals surface area contributed by atoms with Crippen LogP contribution in [0.25, 0.3) is 0 Å². The summed E-state index contributed by atoms with van der Waals surface area (Å²) in [6, 6.07) is 6.30. The summed E-state index contributed by atoms with van der Waals surface area (Å²) in [7, 11) is -3.40. The molecule has 124 valence electrons. The lowest BCUT2D eigenvalue weighted by atomic mass is 10.2. The number of esters is 2. The number of nitrogens with one attached hydrogen (secondary N) is 2. The minimum absolute atomic E-state index is 0.286. The average Bonchev–Trinajstić information content (AvgIpc) is 2.34. The van der Waals surface area contributed by atoms with Gasteiger partial charge in [0.2, 0.25) is 10.0 Å². The highest BCUT2D eigenvalue weighted by Crippen LogP contribution is 2.23. The fourth-order valence-corrected chi connectivity index (χ4v) is 2.38. The van der Waals surface area contributed by atoms with Gasteiger partial charge in [0.15, 0.2) is 5.57 Å². The van der Waals surface area contributed by atoms with Crippen LogP contribution in [0.15, 0.2) is 36.0 Å². The van der Waals surface area contributed by atoms with Crippen LogP contribution in [0.5, 0.6) is 0 Å². The fourth-order valence-electron chi connectivity index (χ4n) is 1.82. The van der Waals surface area contributed by atoms with Crippen LogP contribution < -0.4 is 10.0 Å². The monoisotopic (exact) mass is 340 g/mol. The zero-order valence-corrected chi connectivity index (χ0v) is 13.6. The van der Waals surface area contributed by atoms with Gasteiger partial charge in [-0.15, -0.1) is 0 Å². The van der Waals surface area contributed by atoms with Crippen LogP contribution in [0.3, 0.4) is 0 Å². The van der Waals surface area contributed by atoms with Crippen LogP contribution in [0.4, 0.5) is 11.4 Å². The molecule has 1 aromatic carbocycles. The molecule has 0 saturated carbocycles. The Morgan fingerprint density at radius 2 is 1.65 bits per heavy atom. The highest BCUT2D eigenvalue weighted by Gasteiger charge is 2.38. The van der Waals surface area contributed by atoms with Crippen molar-refractivity contribution in [2.45, 2.75) is 19.6 Å². The van der Waals surface area contributed by atoms with Gasteiger partial charge in [-0.3, -0.25) is 4.72 Å². The summed E-state index contributed by atoms with van der Waals surface area (Å²) in [6.45, 7) is 2.90. The molecule has 8 nitrogen and oxygen atoms in total. The molecule has 1 heterocycles. The molecule has 0 atom stereocenters. The highest BCUT2D eigenvalue weighted by atomic mass is 32.2. The highest BCUT2D eigenvalue weighted by molar-refractivity contribution is 7.92. The molecule has 1 saturated heterocycles. The Balaban J connectivity index is 2.15. The Kier molecular flexibility index (Phi) is 4.33. The largest absolute Gasteiger partial charge is 0.419 e. The first-order chi connectivity index (χ1) is 10.6. The van der Waals surface area contributed by atoms with Gasteiger partial charge in [-0.25, -0.2) is 18.0 Å². The second kappa shape index (κ2) is 5.92. The van der Waals surface area contributed by atoms with Gasteiger partial charge < -0.3 is 14.8 Å². The van der Waals surface area contributed by atoms with Gasteiger partial charge in [0.25, 0.3) is 5.79 Å². The minimum Gasteiger partial charge on any atom is -0.419 e. The number of hydrogen-bond acceptors (Lipinski definition) is 7. The topological polar surface area (TPSA) is 111 Å². The van der Waals surface area contributed by atoms with Crippen molar-refractivity contribution in [3.63, 3.8) is 0 Å². The van der Waals surface area contributed by atoms with Gasteiger partial charge in [0.1, 0.15) is 0 Å². The van der Waals surface area contributed by atoms with E-state index in [-0.39, 0.29) is 5.57 Å². The molecule has 2 rings (SSSR count). The van der Waals surface area contributed by atoms with Crippen molar-refractivity contribution >= 4 is 33.3 Å². The predicted molar refractivity (Wildman–Crippen MR) is 82.9 cm³/mol. The van der Waals surface area contributed by atoms with Crippen LogP contribution >= 0.6 is 0 Å². The Labute approximate surface area is 133 Å². The van der Waals surface area contributed by atoms with Crippen LogP contribution in [-0.2, 0) is 29.1 Å². The lowest BCUT2D eigenvalue weighted by Crippen LogP contribution is -2.42. The van der Waals surface area contributed by atoms with Crippen molar-refractivity contribution in [2.24, 2.45) is 0 Å². The summed E-state index contributed by atoms with van der Waals surface area (Å²) < 4.78 is 34.6. The number of sulfonamides is 1. The number of carbonyl (C=O) groups excluding carboxylic acids is 2. The fraction of sp³-hybridized carbons (Fsp3) is 0.286. The Hall–Kier alpha value is -2.55. The summed E-state index contributed by atoms with van der Waals surface area (Å²) in [4.78, 5) is 23.5. The second-order valence-electron chi connectivity index (χ2n) is 5.34. The summed E-state index contributed by atoms with van der Waals surface area (Å²) >= 11 is 0. The number of carbonyl (C=O) groups is 2. The van der Waals surface area contributed by atoms with Gasteiger partial charge in [-0.2, -0.15) is 0 Å². The van der Waals surface area contributed by atoms with E-state index < -0.39 is 27.7 Å². The van der Waals surface area contributed by atoms with E-state index in [4.69, 9.17) is 9.47 Å². The lowest BCUT2D eigenvalue weighted by molar-refractivity contribution is -0.222. The SMILES string of the molecule is CC1(C)OC(=O)C(=CNc2cccc(NS(C)(=O)=O)c2)C(=O)O1. The third kappa shape index (κ3) is 4.71. The predicted octanol–water partition coefficient (Wildman–Crippen LogP) is 1.19. The number of ether oxygens (including phenoxy) is 2. The standard InChI is InChI=1S/C14H16N2O6S/c1-14(2)21-12(17)11(13(18)22-14)8-15-9-5-4-6-10(7-9)16-23(3,19)20/h4-8,15-16H,1-3H3. The van der Waals surface area contributed by atoms with E-state index in [1.807, 2.05) is 0 Å². The van der Waals surface area contributed by atoms with Gasteiger partial charge in [-0.1, -0.05) is 6.07 Å². The first kappa shape index (κ1) is 16.8. The molecule has 0 radical (unpaired) electrons. The molecule has 9 heteroatoms. The van der Waals surface area contributed by atoms with Gasteiger partial charge in [-0.05, 0) is 18.2 Å². The molecular weight excluding hydrogens is 324 g/mol. The number of benzene rings is 1. The Morgan fingerprint density at radius 3 is 2.22 bits per heavy atom. The van der Waals surface area contributed by atoms with Crippen molar-refractivity contribution in [2.75, 3.05) is 16.3 Å². The van der Waals surface area contributed by atoms with E-state index in [0.29, 0.717) is 11.4 Å². The third-order valence-corrected chi connectivity index (χ3v) is 3.27. The number of cyclic esters (lactones) is 2. The number of hydrogen-bond donors (Lipinski definition) is 2. The number of rotatable bonds is 4. The van der Waals surface area contributed by atoms with Crippen molar-refractivity contribution < 1.29 is 27.5 Å². The molecule has 1 aromatic rings. The number of anilines is 2. The van der Waals surface area contributed by atoms with Crippen molar-refractivity contribution in [3.8, 4) is 0 Å². The van der Waals surface area contributed by atoms with Gasteiger partial charge in [0, 0.05) is 25.7 Å². The summed E-state index contributed by atoms with van der Waals surface area (Å²) in [5.74, 6) is -2.90. The zero-order chi connectivity index (χ0) is 17.3. The second-order valence-corrected chi connectivity index (χ2v) is 7.08. The molecule has 1 fully saturated rings. The molecule has 1 aliphatic rings. The van der Waals surface area contributed by atoms with E-state index in [9.17, 15) is 18.0 Å². The summed E-state index contributed by atoms with van der Waals surface area (Å²) in [5, 5.41) is 2.73. The van der Waals surface area contributed by atoms with Crippen molar-refractivity contribution in [3.05, 3.63) is 36.0 Å². The van der Waals surface area contributed by atoms with Crippen LogP contribution in [0.1, 0.15) is 13.8 Å². The van der Waals surface area contributed by atoms with Gasteiger partial charge in [0.05, 0.1) is 11.9 Å². The quantitative estimate of drug-likeness (QED) is 0.481. The van der Waals surface area contributed by atoms with E-state index in [2.05, 4.69) is 10.0 Å². The van der Waals surface area contributed by atoms with E-state index in [1.54, 1.807) is 18.2 Å². The smallest absolute Gasteiger partial charge is 0.350 e. The molecule has 0 amide bonds. The van der Waals surface area contributed by atoms with Gasteiger partial charge >= 0.3 is 11.9 Å².